The number of hydrogen-bond acceptors (Lipinski definition) is 11. The van der Waals surface area contributed by atoms with Gasteiger partial charge < -0.3 is 30.2 Å². The fourth-order valence-corrected chi connectivity index (χ4v) is 12.9. The van der Waals surface area contributed by atoms with Gasteiger partial charge in [-0.15, -0.1) is 0 Å². The molecule has 1 unspecified atom stereocenters. The van der Waals surface area contributed by atoms with Crippen LogP contribution in [0.15, 0.2) is 44.9 Å². The van der Waals surface area contributed by atoms with Crippen LogP contribution < -0.4 is 15.0 Å². The number of benzene rings is 1. The highest BCUT2D eigenvalue weighted by atomic mass is 32.2. The summed E-state index contributed by atoms with van der Waals surface area (Å²) in [6, 6.07) is 6.66. The third-order valence-electron chi connectivity index (χ3n) is 14.4. The van der Waals surface area contributed by atoms with E-state index >= 15 is 0 Å². The molecule has 0 radical (unpaired) electrons. The molecule has 1 heterocycles. The zero-order valence-electron chi connectivity index (χ0n) is 33.7. The summed E-state index contributed by atoms with van der Waals surface area (Å²) in [5.74, 6) is 1.49. The molecule has 0 spiro atoms. The number of carbonyl (C=O) groups excluding carboxylic acids is 2. The normalized spacial score (nSPS) is 32.5. The molecule has 13 nitrogen and oxygen atoms in total. The standard InChI is InChI=1S/C42H63N3O10S/c1-26(2)23-34(40(49)54-22-10-9-21-53-38-39(45(50)55-44-38)56(51,52)30-11-7-6-8-12-30)43-36(48)16-13-27(3)31-14-15-32-37-33(18-20-42(31,32)5)41(4)19-17-29(46)24-28(41)25-35(37)47/h6-8,11-12,26-29,31-35,37,46-47H,9-10,13-25H2,1-5H3,(H,43,48)/t27-,28+,29-,31-,32+,33+,34+,35+,37?,41+,42-/m1/s1. The van der Waals surface area contributed by atoms with Gasteiger partial charge in [0.25, 0.3) is 9.84 Å². The summed E-state index contributed by atoms with van der Waals surface area (Å²) in [5, 5.41) is 39.8. The van der Waals surface area contributed by atoms with Gasteiger partial charge >= 0.3 is 16.9 Å². The van der Waals surface area contributed by atoms with E-state index in [-0.39, 0.29) is 57.9 Å². The molecular formula is C42H63N3O10S. The number of aliphatic hydroxyl groups is 2. The first-order valence-corrected chi connectivity index (χ1v) is 22.4. The SMILES string of the molecule is CC(C)C[C@H](NC(=O)CC[C@@H](C)[C@H]1CC[C@H]2C3[C@@H](O)C[C@@H]4C[C@H](O)CC[C@]4(C)[C@H]3CC[C@]12C)C(=O)OCCCCOc1no[n+]([O-])c1S(=O)(=O)c1ccccc1. The van der Waals surface area contributed by atoms with Crippen molar-refractivity contribution in [3.05, 3.63) is 35.5 Å². The van der Waals surface area contributed by atoms with Crippen LogP contribution in [0, 0.1) is 57.5 Å². The summed E-state index contributed by atoms with van der Waals surface area (Å²) in [6.07, 6.45) is 9.71. The van der Waals surface area contributed by atoms with Gasteiger partial charge in [-0.25, -0.2) is 13.2 Å². The quantitative estimate of drug-likeness (QED) is 0.106. The second kappa shape index (κ2) is 17.3. The second-order valence-corrected chi connectivity index (χ2v) is 20.2. The van der Waals surface area contributed by atoms with Crippen LogP contribution >= 0.6 is 0 Å². The topological polar surface area (TPSA) is 192 Å². The van der Waals surface area contributed by atoms with Crippen LogP contribution in [0.1, 0.15) is 118 Å². The predicted octanol–water partition coefficient (Wildman–Crippen LogP) is 5.78. The molecule has 14 heteroatoms. The maximum atomic E-state index is 13.3. The molecular weight excluding hydrogens is 739 g/mol. The number of carbonyl (C=O) groups is 2. The molecule has 1 amide bonds. The lowest BCUT2D eigenvalue weighted by atomic mass is 9.43. The van der Waals surface area contributed by atoms with Gasteiger partial charge in [-0.3, -0.25) is 9.42 Å². The Morgan fingerprint density at radius 3 is 2.43 bits per heavy atom. The van der Waals surface area contributed by atoms with E-state index in [1.165, 1.54) is 24.3 Å². The van der Waals surface area contributed by atoms with E-state index < -0.39 is 32.8 Å². The number of hydrogen-bond donors (Lipinski definition) is 3. The summed E-state index contributed by atoms with van der Waals surface area (Å²) >= 11 is 0. The Hall–Kier alpha value is -3.23. The molecule has 4 fully saturated rings. The number of rotatable bonds is 16. The van der Waals surface area contributed by atoms with Crippen molar-refractivity contribution in [1.29, 1.82) is 0 Å². The van der Waals surface area contributed by atoms with Crippen molar-refractivity contribution < 1.29 is 47.2 Å². The molecule has 3 N–H and O–H groups in total. The Morgan fingerprint density at radius 1 is 1.00 bits per heavy atom. The van der Waals surface area contributed by atoms with E-state index in [2.05, 4.69) is 35.9 Å². The predicted molar refractivity (Wildman–Crippen MR) is 205 cm³/mol. The van der Waals surface area contributed by atoms with Crippen LogP contribution in [0.4, 0.5) is 0 Å². The van der Waals surface area contributed by atoms with Crippen molar-refractivity contribution in [3.63, 3.8) is 0 Å². The lowest BCUT2D eigenvalue weighted by Gasteiger charge is -2.62. The first-order chi connectivity index (χ1) is 26.6. The minimum absolute atomic E-state index is 0.000796. The van der Waals surface area contributed by atoms with Gasteiger partial charge in [-0.1, -0.05) is 52.8 Å². The Bertz CT molecular complexity index is 1770. The van der Waals surface area contributed by atoms with Gasteiger partial charge in [0.1, 0.15) is 6.04 Å². The van der Waals surface area contributed by atoms with E-state index in [0.717, 1.165) is 57.8 Å². The first-order valence-electron chi connectivity index (χ1n) is 20.9. The molecule has 312 valence electrons. The van der Waals surface area contributed by atoms with Gasteiger partial charge in [-0.05, 0) is 146 Å². The van der Waals surface area contributed by atoms with Crippen LogP contribution in [-0.2, 0) is 24.2 Å². The van der Waals surface area contributed by atoms with Crippen molar-refractivity contribution in [2.24, 2.45) is 52.3 Å². The van der Waals surface area contributed by atoms with Crippen molar-refractivity contribution in [2.75, 3.05) is 13.2 Å². The van der Waals surface area contributed by atoms with E-state index in [9.17, 15) is 33.4 Å². The van der Waals surface area contributed by atoms with E-state index in [0.29, 0.717) is 61.2 Å². The molecule has 4 aliphatic carbocycles. The minimum atomic E-state index is -4.23. The van der Waals surface area contributed by atoms with Crippen LogP contribution in [0.25, 0.3) is 0 Å². The molecule has 1 aromatic carbocycles. The van der Waals surface area contributed by atoms with Crippen molar-refractivity contribution in [1.82, 2.24) is 10.5 Å². The number of unbranched alkanes of at least 4 members (excludes halogenated alkanes) is 1. The number of esters is 1. The number of aromatic nitrogens is 2. The highest BCUT2D eigenvalue weighted by molar-refractivity contribution is 7.91. The lowest BCUT2D eigenvalue weighted by Crippen LogP contribution is -2.58. The Morgan fingerprint density at radius 2 is 1.70 bits per heavy atom. The monoisotopic (exact) mass is 801 g/mol. The number of ether oxygens (including phenoxy) is 2. The number of nitrogens with one attached hydrogen (secondary N) is 1. The summed E-state index contributed by atoms with van der Waals surface area (Å²) in [6.45, 7) is 11.2. The lowest BCUT2D eigenvalue weighted by molar-refractivity contribution is -0.832. The third kappa shape index (κ3) is 8.62. The highest BCUT2D eigenvalue weighted by Gasteiger charge is 2.62. The number of nitrogens with zero attached hydrogens (tertiary/aromatic N) is 2. The highest BCUT2D eigenvalue weighted by Crippen LogP contribution is 2.68. The van der Waals surface area contributed by atoms with Gasteiger partial charge in [0, 0.05) is 6.42 Å². The molecule has 0 saturated heterocycles. The fraction of sp³-hybridized carbons (Fsp3) is 0.762. The van der Waals surface area contributed by atoms with Gasteiger partial charge in [0.2, 0.25) is 5.91 Å². The Labute approximate surface area is 331 Å². The van der Waals surface area contributed by atoms with Gasteiger partial charge in [-0.2, -0.15) is 0 Å². The number of fused-ring (bicyclic) bond motifs is 5. The molecule has 11 atom stereocenters. The van der Waals surface area contributed by atoms with Crippen LogP contribution in [-0.4, -0.2) is 67.1 Å². The maximum absolute atomic E-state index is 13.3. The third-order valence-corrected chi connectivity index (χ3v) is 16.2. The minimum Gasteiger partial charge on any atom is -0.464 e. The molecule has 6 rings (SSSR count). The number of sulfone groups is 1. The maximum Gasteiger partial charge on any atom is 0.414 e. The zero-order chi connectivity index (χ0) is 40.4. The van der Waals surface area contributed by atoms with Crippen LogP contribution in [0.2, 0.25) is 0 Å². The smallest absolute Gasteiger partial charge is 0.414 e. The second-order valence-electron chi connectivity index (χ2n) is 18.3. The first kappa shape index (κ1) is 42.4. The number of amides is 1. The zero-order valence-corrected chi connectivity index (χ0v) is 34.5. The van der Waals surface area contributed by atoms with Crippen molar-refractivity contribution >= 4 is 21.7 Å². The van der Waals surface area contributed by atoms with Crippen molar-refractivity contribution in [3.8, 4) is 5.88 Å². The van der Waals surface area contributed by atoms with Gasteiger partial charge in [0.15, 0.2) is 0 Å². The molecule has 1 aromatic heterocycles. The Kier molecular flexibility index (Phi) is 13.1. The summed E-state index contributed by atoms with van der Waals surface area (Å²) in [7, 11) is -4.23. The average Bonchev–Trinajstić information content (AvgIpc) is 3.71. The molecule has 0 aliphatic heterocycles. The average molecular weight is 802 g/mol. The van der Waals surface area contributed by atoms with E-state index in [4.69, 9.17) is 9.47 Å². The Balaban J connectivity index is 0.954. The fourth-order valence-electron chi connectivity index (χ4n) is 11.6. The molecule has 4 saturated carbocycles. The van der Waals surface area contributed by atoms with Crippen LogP contribution in [0.3, 0.4) is 0 Å². The summed E-state index contributed by atoms with van der Waals surface area (Å²) in [4.78, 5) is 26.2. The van der Waals surface area contributed by atoms with E-state index in [1.54, 1.807) is 6.07 Å². The number of aliphatic hydroxyl groups excluding tert-OH is 2. The largest absolute Gasteiger partial charge is 0.464 e. The molecule has 56 heavy (non-hydrogen) atoms. The van der Waals surface area contributed by atoms with Gasteiger partial charge in [0.05, 0.1) is 35.5 Å². The van der Waals surface area contributed by atoms with Crippen molar-refractivity contribution in [2.45, 2.75) is 146 Å². The molecule has 0 bridgehead atoms. The van der Waals surface area contributed by atoms with E-state index in [1.807, 2.05) is 13.8 Å². The summed E-state index contributed by atoms with van der Waals surface area (Å²) < 4.78 is 41.5. The van der Waals surface area contributed by atoms with Crippen LogP contribution in [0.5, 0.6) is 5.88 Å². The molecule has 2 aromatic rings. The summed E-state index contributed by atoms with van der Waals surface area (Å²) in [5.41, 5.74) is 0.315. The molecule has 4 aliphatic rings.